The number of rotatable bonds is 7. The zero-order valence-corrected chi connectivity index (χ0v) is 19.8. The van der Waals surface area contributed by atoms with Crippen LogP contribution in [0.25, 0.3) is 11.0 Å². The molecule has 0 spiro atoms. The zero-order valence-electron chi connectivity index (χ0n) is 18.2. The van der Waals surface area contributed by atoms with Gasteiger partial charge < -0.3 is 4.90 Å². The number of nitrogens with two attached hydrogens (primary N) is 1. The highest BCUT2D eigenvalue weighted by Crippen LogP contribution is 2.39. The second-order valence-corrected chi connectivity index (χ2v) is 12.0. The molecule has 0 aliphatic heterocycles. The summed E-state index contributed by atoms with van der Waals surface area (Å²) in [4.78, 5) is 10.8. The van der Waals surface area contributed by atoms with Crippen LogP contribution in [0.5, 0.6) is 0 Å². The summed E-state index contributed by atoms with van der Waals surface area (Å²) in [5, 5.41) is 5.46. The summed E-state index contributed by atoms with van der Waals surface area (Å²) in [5.74, 6) is 0.617. The summed E-state index contributed by atoms with van der Waals surface area (Å²) in [5.41, 5.74) is 1.27. The van der Waals surface area contributed by atoms with Crippen LogP contribution in [0.15, 0.2) is 47.8 Å². The second kappa shape index (κ2) is 8.13. The molecular formula is C21H27N5O4S2. The molecular weight excluding hydrogens is 450 g/mol. The molecule has 0 saturated heterocycles. The summed E-state index contributed by atoms with van der Waals surface area (Å²) >= 11 is 0. The van der Waals surface area contributed by atoms with E-state index in [-0.39, 0.29) is 16.9 Å². The lowest BCUT2D eigenvalue weighted by Crippen LogP contribution is -2.49. The average molecular weight is 478 g/mol. The van der Waals surface area contributed by atoms with Gasteiger partial charge in [-0.25, -0.2) is 35.9 Å². The summed E-state index contributed by atoms with van der Waals surface area (Å²) in [6.07, 6.45) is 4.68. The Balaban J connectivity index is 1.62. The summed E-state index contributed by atoms with van der Waals surface area (Å²) < 4.78 is 51.2. The van der Waals surface area contributed by atoms with E-state index in [1.54, 1.807) is 30.3 Å². The number of benzene rings is 1. The van der Waals surface area contributed by atoms with Crippen molar-refractivity contribution < 1.29 is 16.8 Å². The standard InChI is InChI=1S/C21H27N5O4S2/c1-4-19(31(22,27)28)15-11-16(12-15)25(3)20-18-9-10-26(21(18)24-13-23-20)32(29,30)17-7-5-14(2)6-8-17/h5-10,13,15-16,19H,4,11-12H2,1-3H3,(H2,22,27,28)/t15-,16+,19?. The van der Waals surface area contributed by atoms with Crippen molar-refractivity contribution in [3.63, 3.8) is 0 Å². The average Bonchev–Trinajstić information content (AvgIpc) is 3.14. The number of primary sulfonamides is 1. The first-order valence-corrected chi connectivity index (χ1v) is 13.5. The minimum absolute atomic E-state index is 0.00583. The van der Waals surface area contributed by atoms with Crippen molar-refractivity contribution in [2.24, 2.45) is 11.1 Å². The Bertz CT molecular complexity index is 1340. The topological polar surface area (TPSA) is 128 Å². The number of aryl methyl sites for hydroxylation is 1. The first-order valence-electron chi connectivity index (χ1n) is 10.4. The molecule has 0 bridgehead atoms. The number of nitrogens with zero attached hydrogens (tertiary/aromatic N) is 4. The van der Waals surface area contributed by atoms with Gasteiger partial charge in [0.05, 0.1) is 15.5 Å². The van der Waals surface area contributed by atoms with Crippen molar-refractivity contribution in [3.8, 4) is 0 Å². The molecule has 0 radical (unpaired) electrons. The minimum atomic E-state index is -3.81. The third kappa shape index (κ3) is 3.89. The molecule has 1 aromatic carbocycles. The fourth-order valence-corrected chi connectivity index (χ4v) is 6.99. The zero-order chi connectivity index (χ0) is 23.3. The van der Waals surface area contributed by atoms with Crippen LogP contribution in [0.4, 0.5) is 5.82 Å². The molecule has 1 aliphatic carbocycles. The maximum Gasteiger partial charge on any atom is 0.269 e. The van der Waals surface area contributed by atoms with Crippen LogP contribution in [0.1, 0.15) is 31.7 Å². The Morgan fingerprint density at radius 1 is 1.12 bits per heavy atom. The molecule has 4 rings (SSSR count). The molecule has 1 unspecified atom stereocenters. The lowest BCUT2D eigenvalue weighted by molar-refractivity contribution is 0.243. The lowest BCUT2D eigenvalue weighted by Gasteiger charge is -2.44. The molecule has 2 aromatic heterocycles. The Kier molecular flexibility index (Phi) is 5.76. The number of hydrogen-bond acceptors (Lipinski definition) is 7. The Labute approximate surface area is 188 Å². The van der Waals surface area contributed by atoms with Crippen LogP contribution in [-0.4, -0.2) is 49.1 Å². The van der Waals surface area contributed by atoms with E-state index in [2.05, 4.69) is 9.97 Å². The van der Waals surface area contributed by atoms with E-state index in [1.165, 1.54) is 16.5 Å². The highest BCUT2D eigenvalue weighted by atomic mass is 32.2. The van der Waals surface area contributed by atoms with Gasteiger partial charge in [-0.2, -0.15) is 0 Å². The smallest absolute Gasteiger partial charge is 0.269 e. The van der Waals surface area contributed by atoms with Crippen molar-refractivity contribution in [2.75, 3.05) is 11.9 Å². The van der Waals surface area contributed by atoms with Gasteiger partial charge in [0.2, 0.25) is 10.0 Å². The predicted octanol–water partition coefficient (Wildman–Crippen LogP) is 2.26. The van der Waals surface area contributed by atoms with Gasteiger partial charge in [-0.15, -0.1) is 0 Å². The third-order valence-corrected chi connectivity index (χ3v) is 9.63. The number of hydrogen-bond donors (Lipinski definition) is 1. The first-order chi connectivity index (χ1) is 15.0. The molecule has 2 N–H and O–H groups in total. The maximum atomic E-state index is 13.2. The predicted molar refractivity (Wildman–Crippen MR) is 123 cm³/mol. The monoisotopic (exact) mass is 477 g/mol. The van der Waals surface area contributed by atoms with E-state index in [4.69, 9.17) is 5.14 Å². The highest BCUT2D eigenvalue weighted by Gasteiger charge is 2.41. The molecule has 1 saturated carbocycles. The first kappa shape index (κ1) is 22.7. The number of fused-ring (bicyclic) bond motifs is 1. The Hall–Kier alpha value is -2.50. The van der Waals surface area contributed by atoms with Gasteiger partial charge in [0.1, 0.15) is 12.1 Å². The molecule has 1 aliphatic rings. The number of sulfonamides is 1. The van der Waals surface area contributed by atoms with Gasteiger partial charge in [-0.05, 0) is 50.3 Å². The van der Waals surface area contributed by atoms with Crippen LogP contribution < -0.4 is 10.0 Å². The second-order valence-electron chi connectivity index (χ2n) is 8.40. The largest absolute Gasteiger partial charge is 0.356 e. The van der Waals surface area contributed by atoms with Crippen LogP contribution >= 0.6 is 0 Å². The molecule has 1 atom stereocenters. The van der Waals surface area contributed by atoms with Crippen molar-refractivity contribution >= 4 is 36.9 Å². The van der Waals surface area contributed by atoms with Gasteiger partial charge in [-0.1, -0.05) is 24.6 Å². The van der Waals surface area contributed by atoms with Gasteiger partial charge in [-0.3, -0.25) is 0 Å². The van der Waals surface area contributed by atoms with Gasteiger partial charge in [0.25, 0.3) is 10.0 Å². The SMILES string of the molecule is CCC([C@H]1C[C@@H](N(C)c2ncnc3c2ccn3S(=O)(=O)c2ccc(C)cc2)C1)S(N)(=O)=O. The van der Waals surface area contributed by atoms with Crippen molar-refractivity contribution in [1.29, 1.82) is 0 Å². The van der Waals surface area contributed by atoms with Crippen molar-refractivity contribution in [2.45, 2.75) is 49.3 Å². The Morgan fingerprint density at radius 3 is 2.38 bits per heavy atom. The molecule has 2 heterocycles. The van der Waals surface area contributed by atoms with Crippen molar-refractivity contribution in [3.05, 3.63) is 48.4 Å². The van der Waals surface area contributed by atoms with Gasteiger partial charge in [0.15, 0.2) is 5.65 Å². The van der Waals surface area contributed by atoms with E-state index in [9.17, 15) is 16.8 Å². The molecule has 172 valence electrons. The molecule has 3 aromatic rings. The van der Waals surface area contributed by atoms with E-state index in [0.29, 0.717) is 36.1 Å². The van der Waals surface area contributed by atoms with Crippen LogP contribution in [0, 0.1) is 12.8 Å². The van der Waals surface area contributed by atoms with Gasteiger partial charge in [0, 0.05) is 19.3 Å². The number of anilines is 1. The Morgan fingerprint density at radius 2 is 1.78 bits per heavy atom. The van der Waals surface area contributed by atoms with E-state index < -0.39 is 25.3 Å². The molecule has 11 heteroatoms. The summed E-state index contributed by atoms with van der Waals surface area (Å²) in [6.45, 7) is 3.73. The number of aromatic nitrogens is 3. The van der Waals surface area contributed by atoms with Crippen LogP contribution in [0.3, 0.4) is 0 Å². The van der Waals surface area contributed by atoms with E-state index in [1.807, 2.05) is 25.8 Å². The minimum Gasteiger partial charge on any atom is -0.356 e. The fraction of sp³-hybridized carbons (Fsp3) is 0.429. The molecule has 32 heavy (non-hydrogen) atoms. The molecule has 9 nitrogen and oxygen atoms in total. The normalized spacial score (nSPS) is 20.1. The van der Waals surface area contributed by atoms with Crippen LogP contribution in [-0.2, 0) is 20.0 Å². The summed E-state index contributed by atoms with van der Waals surface area (Å²) in [6, 6.07) is 8.45. The van der Waals surface area contributed by atoms with E-state index in [0.717, 1.165) is 5.56 Å². The quantitative estimate of drug-likeness (QED) is 0.553. The molecule has 1 fully saturated rings. The van der Waals surface area contributed by atoms with Crippen LogP contribution in [0.2, 0.25) is 0 Å². The van der Waals surface area contributed by atoms with Crippen molar-refractivity contribution in [1.82, 2.24) is 13.9 Å². The third-order valence-electron chi connectivity index (χ3n) is 6.39. The summed E-state index contributed by atoms with van der Waals surface area (Å²) in [7, 11) is -5.50. The fourth-order valence-electron chi connectivity index (χ4n) is 4.47. The highest BCUT2D eigenvalue weighted by molar-refractivity contribution is 7.90. The van der Waals surface area contributed by atoms with Gasteiger partial charge >= 0.3 is 0 Å². The maximum absolute atomic E-state index is 13.2. The lowest BCUT2D eigenvalue weighted by atomic mass is 9.76. The van der Waals surface area contributed by atoms with E-state index >= 15 is 0 Å². The molecule has 0 amide bonds.